The van der Waals surface area contributed by atoms with E-state index in [0.717, 1.165) is 23.5 Å². The largest absolute Gasteiger partial charge is 0.329 e. The van der Waals surface area contributed by atoms with Crippen LogP contribution in [-0.4, -0.2) is 12.0 Å². The number of rotatable bonds is 4. The first kappa shape index (κ1) is 13.6. The van der Waals surface area contributed by atoms with Gasteiger partial charge >= 0.3 is 0 Å². The highest BCUT2D eigenvalue weighted by Gasteiger charge is 2.07. The van der Waals surface area contributed by atoms with Gasteiger partial charge in [0, 0.05) is 25.0 Å². The zero-order chi connectivity index (χ0) is 13.8. The molecule has 3 heteroatoms. The molecule has 3 nitrogen and oxygen atoms in total. The summed E-state index contributed by atoms with van der Waals surface area (Å²) in [7, 11) is 2.02. The van der Waals surface area contributed by atoms with Gasteiger partial charge < -0.3 is 10.6 Å². The quantitative estimate of drug-likeness (QED) is 0.910. The maximum absolute atomic E-state index is 5.91. The van der Waals surface area contributed by atoms with E-state index in [2.05, 4.69) is 41.1 Å². The first-order valence-corrected chi connectivity index (χ1v) is 6.66. The van der Waals surface area contributed by atoms with Crippen molar-refractivity contribution in [3.05, 3.63) is 53.7 Å². The van der Waals surface area contributed by atoms with Gasteiger partial charge in [-0.25, -0.2) is 4.98 Å². The average molecular weight is 255 g/mol. The third-order valence-corrected chi connectivity index (χ3v) is 3.37. The van der Waals surface area contributed by atoms with Crippen molar-refractivity contribution in [1.29, 1.82) is 0 Å². The highest BCUT2D eigenvalue weighted by Crippen LogP contribution is 2.24. The van der Waals surface area contributed by atoms with Gasteiger partial charge in [-0.2, -0.15) is 0 Å². The molecule has 1 unspecified atom stereocenters. The lowest BCUT2D eigenvalue weighted by molar-refractivity contribution is 0.814. The highest BCUT2D eigenvalue weighted by atomic mass is 15.2. The summed E-state index contributed by atoms with van der Waals surface area (Å²) in [6.45, 7) is 4.14. The molecule has 2 aromatic rings. The van der Waals surface area contributed by atoms with Crippen LogP contribution < -0.4 is 10.6 Å². The van der Waals surface area contributed by atoms with Crippen LogP contribution >= 0.6 is 0 Å². The van der Waals surface area contributed by atoms with Crippen LogP contribution in [0.4, 0.5) is 11.5 Å². The maximum atomic E-state index is 5.91. The number of benzene rings is 1. The van der Waals surface area contributed by atoms with Gasteiger partial charge in [-0.05, 0) is 48.7 Å². The topological polar surface area (TPSA) is 42.1 Å². The highest BCUT2D eigenvalue weighted by molar-refractivity contribution is 5.59. The van der Waals surface area contributed by atoms with Gasteiger partial charge in [0.05, 0.1) is 0 Å². The smallest absolute Gasteiger partial charge is 0.132 e. The van der Waals surface area contributed by atoms with Crippen molar-refractivity contribution in [2.45, 2.75) is 26.3 Å². The normalized spacial score (nSPS) is 12.2. The fourth-order valence-electron chi connectivity index (χ4n) is 1.99. The van der Waals surface area contributed by atoms with Crippen LogP contribution in [0.5, 0.6) is 0 Å². The number of nitrogens with two attached hydrogens (primary N) is 1. The molecule has 0 fully saturated rings. The minimum Gasteiger partial charge on any atom is -0.329 e. The number of aromatic nitrogens is 1. The predicted molar refractivity (Wildman–Crippen MR) is 80.7 cm³/mol. The van der Waals surface area contributed by atoms with E-state index in [1.165, 1.54) is 5.56 Å². The predicted octanol–water partition coefficient (Wildman–Crippen LogP) is 3.43. The van der Waals surface area contributed by atoms with Crippen molar-refractivity contribution < 1.29 is 0 Å². The summed E-state index contributed by atoms with van der Waals surface area (Å²) in [4.78, 5) is 6.49. The number of anilines is 2. The van der Waals surface area contributed by atoms with E-state index in [4.69, 9.17) is 5.73 Å². The van der Waals surface area contributed by atoms with Crippen molar-refractivity contribution in [2.24, 2.45) is 5.73 Å². The third kappa shape index (κ3) is 3.12. The molecule has 0 aliphatic carbocycles. The maximum Gasteiger partial charge on any atom is 0.132 e. The Hall–Kier alpha value is -1.87. The van der Waals surface area contributed by atoms with Crippen molar-refractivity contribution in [3.8, 4) is 0 Å². The Morgan fingerprint density at radius 3 is 2.47 bits per heavy atom. The summed E-state index contributed by atoms with van der Waals surface area (Å²) < 4.78 is 0. The van der Waals surface area contributed by atoms with E-state index in [0.29, 0.717) is 0 Å². The van der Waals surface area contributed by atoms with Crippen molar-refractivity contribution in [1.82, 2.24) is 4.98 Å². The van der Waals surface area contributed by atoms with Crippen LogP contribution in [0.2, 0.25) is 0 Å². The average Bonchev–Trinajstić information content (AvgIpc) is 2.46. The standard InChI is InChI=1S/C16H21N3/c1-4-13-5-7-15(8-6-13)19(3)16-11-14(12(2)17)9-10-18-16/h5-12H,4,17H2,1-3H3. The Kier molecular flexibility index (Phi) is 4.17. The van der Waals surface area contributed by atoms with Gasteiger partial charge in [0.25, 0.3) is 0 Å². The van der Waals surface area contributed by atoms with E-state index in [1.54, 1.807) is 0 Å². The van der Waals surface area contributed by atoms with E-state index >= 15 is 0 Å². The van der Waals surface area contributed by atoms with Gasteiger partial charge in [-0.15, -0.1) is 0 Å². The number of pyridine rings is 1. The Morgan fingerprint density at radius 1 is 1.21 bits per heavy atom. The molecule has 0 aliphatic heterocycles. The fourth-order valence-corrected chi connectivity index (χ4v) is 1.99. The number of aryl methyl sites for hydroxylation is 1. The summed E-state index contributed by atoms with van der Waals surface area (Å²) in [5.74, 6) is 0.916. The monoisotopic (exact) mass is 255 g/mol. The third-order valence-electron chi connectivity index (χ3n) is 3.37. The zero-order valence-electron chi connectivity index (χ0n) is 11.8. The molecule has 0 saturated heterocycles. The van der Waals surface area contributed by atoms with E-state index < -0.39 is 0 Å². The SMILES string of the molecule is CCc1ccc(N(C)c2cc(C(C)N)ccn2)cc1. The number of hydrogen-bond donors (Lipinski definition) is 1. The van der Waals surface area contributed by atoms with Gasteiger partial charge in [0.2, 0.25) is 0 Å². The number of nitrogens with zero attached hydrogens (tertiary/aromatic N) is 2. The fraction of sp³-hybridized carbons (Fsp3) is 0.312. The molecule has 0 radical (unpaired) electrons. The molecule has 0 bridgehead atoms. The molecule has 2 N–H and O–H groups in total. The first-order chi connectivity index (χ1) is 9.11. The Morgan fingerprint density at radius 2 is 1.89 bits per heavy atom. The molecule has 1 aromatic heterocycles. The second kappa shape index (κ2) is 5.85. The molecular weight excluding hydrogens is 234 g/mol. The molecule has 1 heterocycles. The molecule has 0 saturated carbocycles. The minimum atomic E-state index is 0.0256. The summed E-state index contributed by atoms with van der Waals surface area (Å²) >= 11 is 0. The van der Waals surface area contributed by atoms with Gasteiger partial charge in [-0.3, -0.25) is 0 Å². The summed E-state index contributed by atoms with van der Waals surface area (Å²) in [6, 6.07) is 12.6. The lowest BCUT2D eigenvalue weighted by atomic mass is 10.1. The molecule has 0 amide bonds. The second-order valence-electron chi connectivity index (χ2n) is 4.82. The van der Waals surface area contributed by atoms with Crippen molar-refractivity contribution in [3.63, 3.8) is 0 Å². The Bertz CT molecular complexity index is 532. The van der Waals surface area contributed by atoms with Gasteiger partial charge in [0.15, 0.2) is 0 Å². The Balaban J connectivity index is 2.27. The minimum absolute atomic E-state index is 0.0256. The lowest BCUT2D eigenvalue weighted by Gasteiger charge is -2.19. The molecular formula is C16H21N3. The molecule has 1 atom stereocenters. The van der Waals surface area contributed by atoms with E-state index in [1.807, 2.05) is 32.3 Å². The van der Waals surface area contributed by atoms with E-state index in [9.17, 15) is 0 Å². The first-order valence-electron chi connectivity index (χ1n) is 6.66. The lowest BCUT2D eigenvalue weighted by Crippen LogP contribution is -2.13. The van der Waals surface area contributed by atoms with Crippen LogP contribution in [0.15, 0.2) is 42.6 Å². The Labute approximate surface area is 115 Å². The van der Waals surface area contributed by atoms with Gasteiger partial charge in [-0.1, -0.05) is 19.1 Å². The molecule has 2 rings (SSSR count). The molecule has 1 aromatic carbocycles. The van der Waals surface area contributed by atoms with Crippen LogP contribution in [0, 0.1) is 0 Å². The van der Waals surface area contributed by atoms with E-state index in [-0.39, 0.29) is 6.04 Å². The van der Waals surface area contributed by atoms with Crippen LogP contribution in [0.3, 0.4) is 0 Å². The molecule has 0 aliphatic rings. The van der Waals surface area contributed by atoms with Crippen molar-refractivity contribution >= 4 is 11.5 Å². The van der Waals surface area contributed by atoms with Crippen LogP contribution in [-0.2, 0) is 6.42 Å². The van der Waals surface area contributed by atoms with Crippen LogP contribution in [0.25, 0.3) is 0 Å². The molecule has 0 spiro atoms. The molecule has 19 heavy (non-hydrogen) atoms. The molecule has 100 valence electrons. The number of hydrogen-bond acceptors (Lipinski definition) is 3. The van der Waals surface area contributed by atoms with Gasteiger partial charge in [0.1, 0.15) is 5.82 Å². The summed E-state index contributed by atoms with van der Waals surface area (Å²) in [5, 5.41) is 0. The second-order valence-corrected chi connectivity index (χ2v) is 4.82. The van der Waals surface area contributed by atoms with Crippen LogP contribution in [0.1, 0.15) is 31.0 Å². The van der Waals surface area contributed by atoms with Crippen molar-refractivity contribution in [2.75, 3.05) is 11.9 Å². The summed E-state index contributed by atoms with van der Waals surface area (Å²) in [6.07, 6.45) is 2.87. The zero-order valence-corrected chi connectivity index (χ0v) is 11.8. The summed E-state index contributed by atoms with van der Waals surface area (Å²) in [5.41, 5.74) is 9.49.